The Hall–Kier alpha value is -2.29. The molecule has 180 valence electrons. The van der Waals surface area contributed by atoms with Crippen molar-refractivity contribution < 1.29 is 22.7 Å². The Kier molecular flexibility index (Phi) is 9.00. The molecule has 1 fully saturated rings. The highest BCUT2D eigenvalue weighted by molar-refractivity contribution is 6.30. The summed E-state index contributed by atoms with van der Waals surface area (Å²) in [4.78, 5) is 17.0. The van der Waals surface area contributed by atoms with Crippen molar-refractivity contribution in [2.75, 3.05) is 45.2 Å². The van der Waals surface area contributed by atoms with Gasteiger partial charge in [0.1, 0.15) is 0 Å². The molecule has 1 N–H and O–H groups in total. The van der Waals surface area contributed by atoms with Crippen LogP contribution in [0.4, 0.5) is 23.7 Å². The molecular formula is C24H29ClF3N3O2. The number of hydrogen-bond acceptors (Lipinski definition) is 3. The number of benzene rings is 2. The first-order valence-electron chi connectivity index (χ1n) is 11.0. The van der Waals surface area contributed by atoms with Gasteiger partial charge in [0.25, 0.3) is 0 Å². The van der Waals surface area contributed by atoms with Crippen molar-refractivity contribution in [1.82, 2.24) is 9.80 Å². The van der Waals surface area contributed by atoms with Gasteiger partial charge in [0, 0.05) is 50.0 Å². The number of hydrogen-bond donors (Lipinski definition) is 1. The van der Waals surface area contributed by atoms with Crippen LogP contribution >= 0.6 is 11.6 Å². The number of anilines is 1. The minimum atomic E-state index is -4.46. The van der Waals surface area contributed by atoms with Crippen LogP contribution in [-0.4, -0.2) is 61.8 Å². The van der Waals surface area contributed by atoms with Gasteiger partial charge in [0.15, 0.2) is 0 Å². The Morgan fingerprint density at radius 2 is 1.88 bits per heavy atom. The molecule has 1 saturated heterocycles. The molecule has 0 bridgehead atoms. The van der Waals surface area contributed by atoms with Gasteiger partial charge in [-0.15, -0.1) is 0 Å². The predicted molar refractivity (Wildman–Crippen MR) is 124 cm³/mol. The lowest BCUT2D eigenvalue weighted by Gasteiger charge is -2.38. The first kappa shape index (κ1) is 25.3. The maximum absolute atomic E-state index is 13.0. The Labute approximate surface area is 197 Å². The molecule has 0 spiro atoms. The summed E-state index contributed by atoms with van der Waals surface area (Å²) < 4.78 is 44.1. The fourth-order valence-corrected chi connectivity index (χ4v) is 4.13. The molecule has 5 nitrogen and oxygen atoms in total. The van der Waals surface area contributed by atoms with Crippen molar-refractivity contribution in [3.8, 4) is 0 Å². The molecule has 1 heterocycles. The van der Waals surface area contributed by atoms with Crippen LogP contribution in [0, 0.1) is 0 Å². The van der Waals surface area contributed by atoms with E-state index in [2.05, 4.69) is 10.2 Å². The summed E-state index contributed by atoms with van der Waals surface area (Å²) in [5, 5.41) is 3.35. The number of amides is 2. The Bertz CT molecular complexity index is 901. The van der Waals surface area contributed by atoms with Crippen LogP contribution in [0.5, 0.6) is 0 Å². The first-order valence-corrected chi connectivity index (χ1v) is 11.3. The SMILES string of the molecule is COCCN(C(=O)Nc1cccc(C(F)(F)F)c1)C1CCN(CCc2ccc(Cl)cc2)CC1. The molecule has 3 rings (SSSR count). The average Bonchev–Trinajstić information content (AvgIpc) is 2.79. The van der Waals surface area contributed by atoms with E-state index in [4.69, 9.17) is 16.3 Å². The van der Waals surface area contributed by atoms with Gasteiger partial charge in [0.05, 0.1) is 12.2 Å². The van der Waals surface area contributed by atoms with E-state index in [0.717, 1.165) is 56.1 Å². The van der Waals surface area contributed by atoms with E-state index < -0.39 is 17.8 Å². The monoisotopic (exact) mass is 483 g/mol. The van der Waals surface area contributed by atoms with E-state index in [9.17, 15) is 18.0 Å². The van der Waals surface area contributed by atoms with Crippen molar-refractivity contribution in [2.24, 2.45) is 0 Å². The summed E-state index contributed by atoms with van der Waals surface area (Å²) in [7, 11) is 1.56. The third-order valence-corrected chi connectivity index (χ3v) is 6.12. The van der Waals surface area contributed by atoms with Crippen molar-refractivity contribution >= 4 is 23.3 Å². The van der Waals surface area contributed by atoms with Crippen LogP contribution in [0.2, 0.25) is 5.02 Å². The number of carbonyl (C=O) groups excluding carboxylic acids is 1. The highest BCUT2D eigenvalue weighted by Gasteiger charge is 2.31. The summed E-state index contributed by atoms with van der Waals surface area (Å²) in [5.41, 5.74) is 0.555. The van der Waals surface area contributed by atoms with Crippen LogP contribution in [-0.2, 0) is 17.3 Å². The third-order valence-electron chi connectivity index (χ3n) is 5.87. The number of nitrogens with one attached hydrogen (secondary N) is 1. The van der Waals surface area contributed by atoms with Gasteiger partial charge < -0.3 is 19.9 Å². The van der Waals surface area contributed by atoms with E-state index >= 15 is 0 Å². The highest BCUT2D eigenvalue weighted by Crippen LogP contribution is 2.31. The molecular weight excluding hydrogens is 455 g/mol. The van der Waals surface area contributed by atoms with Gasteiger partial charge in [-0.05, 0) is 55.2 Å². The molecule has 1 aliphatic rings. The second kappa shape index (κ2) is 11.7. The third kappa shape index (κ3) is 7.62. The number of carbonyl (C=O) groups is 1. The lowest BCUT2D eigenvalue weighted by molar-refractivity contribution is -0.137. The van der Waals surface area contributed by atoms with Crippen LogP contribution < -0.4 is 5.32 Å². The molecule has 33 heavy (non-hydrogen) atoms. The van der Waals surface area contributed by atoms with Gasteiger partial charge in [0.2, 0.25) is 0 Å². The minimum absolute atomic E-state index is 0.00210. The number of likely N-dealkylation sites (tertiary alicyclic amines) is 1. The Morgan fingerprint density at radius 1 is 1.18 bits per heavy atom. The molecule has 9 heteroatoms. The predicted octanol–water partition coefficient (Wildman–Crippen LogP) is 5.55. The minimum Gasteiger partial charge on any atom is -0.383 e. The van der Waals surface area contributed by atoms with Crippen LogP contribution in [0.25, 0.3) is 0 Å². The fraction of sp³-hybridized carbons (Fsp3) is 0.458. The Balaban J connectivity index is 1.56. The average molecular weight is 484 g/mol. The summed E-state index contributed by atoms with van der Waals surface area (Å²) >= 11 is 5.94. The quantitative estimate of drug-likeness (QED) is 0.535. The van der Waals surface area contributed by atoms with Gasteiger partial charge in [-0.1, -0.05) is 29.8 Å². The van der Waals surface area contributed by atoms with Crippen molar-refractivity contribution in [1.29, 1.82) is 0 Å². The molecule has 0 radical (unpaired) electrons. The van der Waals surface area contributed by atoms with E-state index in [0.29, 0.717) is 13.2 Å². The number of rotatable bonds is 8. The second-order valence-electron chi connectivity index (χ2n) is 8.14. The van der Waals surface area contributed by atoms with E-state index in [1.807, 2.05) is 24.3 Å². The van der Waals surface area contributed by atoms with Gasteiger partial charge in [-0.2, -0.15) is 13.2 Å². The zero-order valence-corrected chi connectivity index (χ0v) is 19.3. The zero-order chi connectivity index (χ0) is 23.8. The molecule has 2 amide bonds. The van der Waals surface area contributed by atoms with Gasteiger partial charge >= 0.3 is 12.2 Å². The number of alkyl halides is 3. The molecule has 0 atom stereocenters. The van der Waals surface area contributed by atoms with E-state index in [-0.39, 0.29) is 11.7 Å². The molecule has 0 unspecified atom stereocenters. The number of halogens is 4. The molecule has 0 saturated carbocycles. The first-order chi connectivity index (χ1) is 15.8. The molecule has 0 aromatic heterocycles. The van der Waals surface area contributed by atoms with Crippen molar-refractivity contribution in [3.63, 3.8) is 0 Å². The zero-order valence-electron chi connectivity index (χ0n) is 18.6. The highest BCUT2D eigenvalue weighted by atomic mass is 35.5. The second-order valence-corrected chi connectivity index (χ2v) is 8.58. The largest absolute Gasteiger partial charge is 0.416 e. The number of ether oxygens (including phenoxy) is 1. The summed E-state index contributed by atoms with van der Waals surface area (Å²) in [6.45, 7) is 3.34. The van der Waals surface area contributed by atoms with Crippen molar-refractivity contribution in [3.05, 3.63) is 64.7 Å². The Morgan fingerprint density at radius 3 is 2.52 bits per heavy atom. The summed E-state index contributed by atoms with van der Waals surface area (Å²) in [6, 6.07) is 12.1. The van der Waals surface area contributed by atoms with E-state index in [1.54, 1.807) is 12.0 Å². The van der Waals surface area contributed by atoms with Crippen LogP contribution in [0.15, 0.2) is 48.5 Å². The maximum atomic E-state index is 13.0. The normalized spacial score (nSPS) is 15.4. The standard InChI is InChI=1S/C24H29ClF3N3O2/c1-33-16-15-31(23(32)29-21-4-2-3-19(17-21)24(26,27)28)22-10-13-30(14-11-22)12-9-18-5-7-20(25)8-6-18/h2-8,17,22H,9-16H2,1H3,(H,29,32). The molecule has 2 aromatic rings. The van der Waals surface area contributed by atoms with Crippen LogP contribution in [0.1, 0.15) is 24.0 Å². The fourth-order valence-electron chi connectivity index (χ4n) is 4.00. The topological polar surface area (TPSA) is 44.8 Å². The van der Waals surface area contributed by atoms with Crippen molar-refractivity contribution in [2.45, 2.75) is 31.5 Å². The number of methoxy groups -OCH3 is 1. The van der Waals surface area contributed by atoms with Gasteiger partial charge in [-0.25, -0.2) is 4.79 Å². The summed E-state index contributed by atoms with van der Waals surface area (Å²) in [6.07, 6.45) is -1.96. The van der Waals surface area contributed by atoms with Crippen LogP contribution in [0.3, 0.4) is 0 Å². The lowest BCUT2D eigenvalue weighted by atomic mass is 10.0. The smallest absolute Gasteiger partial charge is 0.383 e. The lowest BCUT2D eigenvalue weighted by Crippen LogP contribution is -2.50. The molecule has 2 aromatic carbocycles. The maximum Gasteiger partial charge on any atom is 0.416 e. The number of nitrogens with zero attached hydrogens (tertiary/aromatic N) is 2. The number of piperidine rings is 1. The number of urea groups is 1. The molecule has 0 aliphatic carbocycles. The van der Waals surface area contributed by atoms with E-state index in [1.165, 1.54) is 17.7 Å². The van der Waals surface area contributed by atoms with Gasteiger partial charge in [-0.3, -0.25) is 0 Å². The molecule has 1 aliphatic heterocycles. The summed E-state index contributed by atoms with van der Waals surface area (Å²) in [5.74, 6) is 0.